The summed E-state index contributed by atoms with van der Waals surface area (Å²) in [6.07, 6.45) is 1.87. The number of halogens is 2. The van der Waals surface area contributed by atoms with Crippen molar-refractivity contribution in [3.63, 3.8) is 0 Å². The highest BCUT2D eigenvalue weighted by molar-refractivity contribution is 9.15. The maximum Gasteiger partial charge on any atom is 0.266 e. The maximum atomic E-state index is 14.2. The maximum absolute atomic E-state index is 14.2. The standard InChI is InChI=1S/C23H21BrFN3O4/c1-32-19-9-8-14(12-17(19)25)23(31)28-11-10-16(20(24)15-4-2-3-5-18(15)28)22(30)27-26-21(29)13-6-7-13/h2-5,8-9,12-13H,6-7,10-11H2,1H3,(H,26,29)(H,27,30). The molecule has 1 aliphatic carbocycles. The molecule has 2 aliphatic rings. The van der Waals surface area contributed by atoms with Crippen molar-refractivity contribution in [2.24, 2.45) is 5.92 Å². The zero-order valence-electron chi connectivity index (χ0n) is 17.3. The summed E-state index contributed by atoms with van der Waals surface area (Å²) in [6, 6.07) is 11.2. The van der Waals surface area contributed by atoms with E-state index in [1.54, 1.807) is 24.3 Å². The molecule has 1 heterocycles. The lowest BCUT2D eigenvalue weighted by Crippen LogP contribution is -2.43. The topological polar surface area (TPSA) is 87.7 Å². The monoisotopic (exact) mass is 501 g/mol. The summed E-state index contributed by atoms with van der Waals surface area (Å²) >= 11 is 3.51. The predicted octanol–water partition coefficient (Wildman–Crippen LogP) is 3.55. The summed E-state index contributed by atoms with van der Waals surface area (Å²) in [4.78, 5) is 39.5. The van der Waals surface area contributed by atoms with Crippen molar-refractivity contribution in [1.82, 2.24) is 10.9 Å². The highest BCUT2D eigenvalue weighted by atomic mass is 79.9. The third-order valence-corrected chi connectivity index (χ3v) is 6.35. The Kier molecular flexibility index (Phi) is 6.27. The Balaban J connectivity index is 1.60. The van der Waals surface area contributed by atoms with Gasteiger partial charge < -0.3 is 9.64 Å². The number of nitrogens with zero attached hydrogens (tertiary/aromatic N) is 1. The van der Waals surface area contributed by atoms with Crippen LogP contribution in [0.1, 0.15) is 35.2 Å². The van der Waals surface area contributed by atoms with Gasteiger partial charge in [0.1, 0.15) is 0 Å². The molecule has 0 spiro atoms. The number of benzene rings is 2. The van der Waals surface area contributed by atoms with E-state index in [2.05, 4.69) is 26.8 Å². The number of fused-ring (bicyclic) bond motifs is 1. The molecule has 0 unspecified atom stereocenters. The largest absolute Gasteiger partial charge is 0.494 e. The third-order valence-electron chi connectivity index (χ3n) is 5.45. The van der Waals surface area contributed by atoms with E-state index >= 15 is 0 Å². The lowest BCUT2D eigenvalue weighted by atomic mass is 10.1. The van der Waals surface area contributed by atoms with E-state index in [0.29, 0.717) is 21.3 Å². The van der Waals surface area contributed by atoms with Gasteiger partial charge >= 0.3 is 0 Å². The van der Waals surface area contributed by atoms with Crippen molar-refractivity contribution >= 4 is 43.8 Å². The van der Waals surface area contributed by atoms with Crippen LogP contribution in [0.2, 0.25) is 0 Å². The first kappa shape index (κ1) is 22.0. The van der Waals surface area contributed by atoms with Gasteiger partial charge in [0.05, 0.1) is 12.8 Å². The first-order valence-electron chi connectivity index (χ1n) is 10.1. The van der Waals surface area contributed by atoms with Crippen molar-refractivity contribution in [2.45, 2.75) is 19.3 Å². The van der Waals surface area contributed by atoms with Crippen LogP contribution in [0.4, 0.5) is 10.1 Å². The molecule has 32 heavy (non-hydrogen) atoms. The average molecular weight is 502 g/mol. The average Bonchev–Trinajstić information content (AvgIpc) is 3.65. The SMILES string of the molecule is COc1ccc(C(=O)N2CCC(C(=O)NNC(=O)C3CC3)=C(Br)c3ccccc32)cc1F. The van der Waals surface area contributed by atoms with E-state index in [1.165, 1.54) is 24.1 Å². The minimum atomic E-state index is -0.632. The van der Waals surface area contributed by atoms with Gasteiger partial charge in [-0.15, -0.1) is 0 Å². The molecule has 1 fully saturated rings. The zero-order chi connectivity index (χ0) is 22.8. The normalized spacial score (nSPS) is 15.5. The highest BCUT2D eigenvalue weighted by Gasteiger charge is 2.31. The Morgan fingerprint density at radius 3 is 2.56 bits per heavy atom. The summed E-state index contributed by atoms with van der Waals surface area (Å²) in [5.41, 5.74) is 6.71. The van der Waals surface area contributed by atoms with Crippen molar-refractivity contribution in [1.29, 1.82) is 0 Å². The summed E-state index contributed by atoms with van der Waals surface area (Å²) in [5, 5.41) is 0. The van der Waals surface area contributed by atoms with Crippen LogP contribution in [0.5, 0.6) is 5.75 Å². The van der Waals surface area contributed by atoms with Crippen molar-refractivity contribution in [3.8, 4) is 5.75 Å². The van der Waals surface area contributed by atoms with E-state index < -0.39 is 17.6 Å². The van der Waals surface area contributed by atoms with Gasteiger partial charge in [0.15, 0.2) is 11.6 Å². The van der Waals surface area contributed by atoms with Crippen LogP contribution in [0.3, 0.4) is 0 Å². The van der Waals surface area contributed by atoms with Gasteiger partial charge in [-0.2, -0.15) is 0 Å². The number of rotatable bonds is 4. The zero-order valence-corrected chi connectivity index (χ0v) is 18.9. The number of anilines is 1. The number of methoxy groups -OCH3 is 1. The first-order chi connectivity index (χ1) is 15.4. The van der Waals surface area contributed by atoms with Gasteiger partial charge in [-0.25, -0.2) is 4.39 Å². The van der Waals surface area contributed by atoms with Crippen LogP contribution in [0.15, 0.2) is 48.0 Å². The quantitative estimate of drug-likeness (QED) is 0.627. The molecule has 0 saturated heterocycles. The molecule has 0 radical (unpaired) electrons. The predicted molar refractivity (Wildman–Crippen MR) is 121 cm³/mol. The number of carbonyl (C=O) groups is 3. The summed E-state index contributed by atoms with van der Waals surface area (Å²) in [6.45, 7) is 0.192. The number of hydrazine groups is 1. The fraction of sp³-hybridized carbons (Fsp3) is 0.261. The number of ether oxygens (including phenoxy) is 1. The van der Waals surface area contributed by atoms with E-state index in [0.717, 1.165) is 18.9 Å². The molecule has 9 heteroatoms. The molecule has 0 bridgehead atoms. The van der Waals surface area contributed by atoms with E-state index in [-0.39, 0.29) is 36.1 Å². The van der Waals surface area contributed by atoms with Crippen LogP contribution in [0, 0.1) is 11.7 Å². The second kappa shape index (κ2) is 9.12. The fourth-order valence-corrected chi connectivity index (χ4v) is 4.25. The Morgan fingerprint density at radius 2 is 1.88 bits per heavy atom. The number of hydrogen-bond acceptors (Lipinski definition) is 4. The van der Waals surface area contributed by atoms with Gasteiger partial charge in [0.25, 0.3) is 11.8 Å². The Morgan fingerprint density at radius 1 is 1.12 bits per heavy atom. The number of hydrogen-bond donors (Lipinski definition) is 2. The molecule has 2 aromatic carbocycles. The van der Waals surface area contributed by atoms with E-state index in [9.17, 15) is 18.8 Å². The number of nitrogens with one attached hydrogen (secondary N) is 2. The summed E-state index contributed by atoms with van der Waals surface area (Å²) in [7, 11) is 1.35. The number of para-hydroxylation sites is 1. The van der Waals surface area contributed by atoms with Crippen LogP contribution in [-0.4, -0.2) is 31.4 Å². The van der Waals surface area contributed by atoms with E-state index in [1.807, 2.05) is 0 Å². The molecule has 3 amide bonds. The molecule has 0 aromatic heterocycles. The van der Waals surface area contributed by atoms with Crippen LogP contribution in [0.25, 0.3) is 4.48 Å². The highest BCUT2D eigenvalue weighted by Crippen LogP contribution is 2.38. The molecule has 7 nitrogen and oxygen atoms in total. The summed E-state index contributed by atoms with van der Waals surface area (Å²) in [5.74, 6) is -1.68. The molecule has 2 aromatic rings. The fourth-order valence-electron chi connectivity index (χ4n) is 3.53. The number of amides is 3. The van der Waals surface area contributed by atoms with E-state index in [4.69, 9.17) is 4.74 Å². The van der Waals surface area contributed by atoms with Gasteiger partial charge in [-0.1, -0.05) is 18.2 Å². The Bertz CT molecular complexity index is 1130. The van der Waals surface area contributed by atoms with Crippen LogP contribution in [-0.2, 0) is 9.59 Å². The number of carbonyl (C=O) groups excluding carboxylic acids is 3. The lowest BCUT2D eigenvalue weighted by Gasteiger charge is -2.23. The molecule has 1 aliphatic heterocycles. The molecule has 4 rings (SSSR count). The first-order valence-corrected chi connectivity index (χ1v) is 10.9. The van der Waals surface area contributed by atoms with Crippen molar-refractivity contribution in [3.05, 3.63) is 65.0 Å². The molecular weight excluding hydrogens is 481 g/mol. The second-order valence-electron chi connectivity index (χ2n) is 7.58. The molecule has 2 N–H and O–H groups in total. The third kappa shape index (κ3) is 4.38. The smallest absolute Gasteiger partial charge is 0.266 e. The van der Waals surface area contributed by atoms with Crippen LogP contribution < -0.4 is 20.5 Å². The minimum Gasteiger partial charge on any atom is -0.494 e. The second-order valence-corrected chi connectivity index (χ2v) is 8.38. The minimum absolute atomic E-state index is 0.0411. The van der Waals surface area contributed by atoms with Gasteiger partial charge in [0, 0.05) is 33.6 Å². The Labute approximate surface area is 192 Å². The molecule has 1 saturated carbocycles. The Hall–Kier alpha value is -3.20. The van der Waals surface area contributed by atoms with Gasteiger partial charge in [-0.05, 0) is 59.5 Å². The van der Waals surface area contributed by atoms with Gasteiger partial charge in [-0.3, -0.25) is 25.2 Å². The van der Waals surface area contributed by atoms with Crippen molar-refractivity contribution in [2.75, 3.05) is 18.6 Å². The summed E-state index contributed by atoms with van der Waals surface area (Å²) < 4.78 is 19.7. The molecular formula is C23H21BrFN3O4. The van der Waals surface area contributed by atoms with Gasteiger partial charge in [0.2, 0.25) is 5.91 Å². The lowest BCUT2D eigenvalue weighted by molar-refractivity contribution is -0.128. The molecule has 0 atom stereocenters. The van der Waals surface area contributed by atoms with Crippen molar-refractivity contribution < 1.29 is 23.5 Å². The molecule has 166 valence electrons. The van der Waals surface area contributed by atoms with Crippen LogP contribution >= 0.6 is 15.9 Å².